The first-order valence-electron chi connectivity index (χ1n) is 8.65. The van der Waals surface area contributed by atoms with E-state index < -0.39 is 5.91 Å². The zero-order chi connectivity index (χ0) is 18.8. The molecule has 1 saturated heterocycles. The molecule has 0 radical (unpaired) electrons. The van der Waals surface area contributed by atoms with E-state index in [-0.39, 0.29) is 18.0 Å². The van der Waals surface area contributed by atoms with Gasteiger partial charge in [-0.15, -0.1) is 5.10 Å². The third-order valence-electron chi connectivity index (χ3n) is 4.44. The molecule has 1 N–H and O–H groups in total. The Bertz CT molecular complexity index is 1090. The molecule has 1 aliphatic rings. The SMILES string of the molecule is O=C(Cn1nnc2ccccc2c1=O)Nc1cccc(N2CCCC2=O)c1. The van der Waals surface area contributed by atoms with E-state index in [2.05, 4.69) is 15.6 Å². The third-order valence-corrected chi connectivity index (χ3v) is 4.44. The maximum atomic E-state index is 12.4. The minimum absolute atomic E-state index is 0.0801. The summed E-state index contributed by atoms with van der Waals surface area (Å²) in [5.74, 6) is -0.317. The maximum absolute atomic E-state index is 12.4. The van der Waals surface area contributed by atoms with Crippen molar-refractivity contribution in [3.8, 4) is 0 Å². The average Bonchev–Trinajstić information content (AvgIpc) is 3.10. The zero-order valence-electron chi connectivity index (χ0n) is 14.5. The first kappa shape index (κ1) is 16.9. The Morgan fingerprint density at radius 3 is 2.78 bits per heavy atom. The normalized spacial score (nSPS) is 13.9. The predicted octanol–water partition coefficient (Wildman–Crippen LogP) is 1.56. The van der Waals surface area contributed by atoms with Gasteiger partial charge in [-0.2, -0.15) is 0 Å². The summed E-state index contributed by atoms with van der Waals surface area (Å²) in [6, 6.07) is 13.9. The summed E-state index contributed by atoms with van der Waals surface area (Å²) in [5, 5.41) is 10.9. The number of benzene rings is 2. The van der Waals surface area contributed by atoms with Crippen LogP contribution < -0.4 is 15.8 Å². The molecule has 0 spiro atoms. The fourth-order valence-corrected chi connectivity index (χ4v) is 3.14. The molecule has 8 heteroatoms. The van der Waals surface area contributed by atoms with Crippen LogP contribution in [0.25, 0.3) is 10.9 Å². The van der Waals surface area contributed by atoms with Crippen molar-refractivity contribution in [1.82, 2.24) is 15.0 Å². The van der Waals surface area contributed by atoms with Crippen molar-refractivity contribution in [3.63, 3.8) is 0 Å². The predicted molar refractivity (Wildman–Crippen MR) is 100 cm³/mol. The van der Waals surface area contributed by atoms with Crippen LogP contribution >= 0.6 is 0 Å². The molecule has 8 nitrogen and oxygen atoms in total. The first-order valence-corrected chi connectivity index (χ1v) is 8.65. The van der Waals surface area contributed by atoms with Crippen LogP contribution in [-0.2, 0) is 16.1 Å². The first-order chi connectivity index (χ1) is 13.1. The van der Waals surface area contributed by atoms with Gasteiger partial charge in [0, 0.05) is 24.3 Å². The highest BCUT2D eigenvalue weighted by atomic mass is 16.2. The highest BCUT2D eigenvalue weighted by Crippen LogP contribution is 2.24. The Morgan fingerprint density at radius 2 is 1.96 bits per heavy atom. The van der Waals surface area contributed by atoms with E-state index in [0.29, 0.717) is 29.6 Å². The van der Waals surface area contributed by atoms with Crippen LogP contribution in [-0.4, -0.2) is 33.4 Å². The number of hydrogen-bond donors (Lipinski definition) is 1. The van der Waals surface area contributed by atoms with Gasteiger partial charge < -0.3 is 10.2 Å². The Hall–Kier alpha value is -3.55. The fraction of sp³-hybridized carbons (Fsp3) is 0.211. The van der Waals surface area contributed by atoms with Crippen molar-refractivity contribution in [1.29, 1.82) is 0 Å². The van der Waals surface area contributed by atoms with Gasteiger partial charge in [0.15, 0.2) is 0 Å². The summed E-state index contributed by atoms with van der Waals surface area (Å²) in [7, 11) is 0. The van der Waals surface area contributed by atoms with Crippen molar-refractivity contribution in [3.05, 3.63) is 58.9 Å². The monoisotopic (exact) mass is 363 g/mol. The van der Waals surface area contributed by atoms with Gasteiger partial charge in [0.05, 0.1) is 5.39 Å². The number of hydrogen-bond acceptors (Lipinski definition) is 5. The van der Waals surface area contributed by atoms with Crippen LogP contribution in [0.5, 0.6) is 0 Å². The second-order valence-corrected chi connectivity index (χ2v) is 6.32. The Morgan fingerprint density at radius 1 is 1.11 bits per heavy atom. The lowest BCUT2D eigenvalue weighted by molar-refractivity contribution is -0.117. The van der Waals surface area contributed by atoms with Crippen LogP contribution in [0.4, 0.5) is 11.4 Å². The second kappa shape index (κ2) is 6.99. The van der Waals surface area contributed by atoms with Crippen LogP contribution in [0.2, 0.25) is 0 Å². The summed E-state index contributed by atoms with van der Waals surface area (Å²) >= 11 is 0. The number of anilines is 2. The lowest BCUT2D eigenvalue weighted by Gasteiger charge is -2.16. The molecule has 0 bridgehead atoms. The molecule has 136 valence electrons. The molecule has 1 fully saturated rings. The highest BCUT2D eigenvalue weighted by Gasteiger charge is 2.21. The molecule has 0 aliphatic carbocycles. The molecule has 27 heavy (non-hydrogen) atoms. The van der Waals surface area contributed by atoms with Crippen molar-refractivity contribution in [2.24, 2.45) is 0 Å². The number of nitrogens with one attached hydrogen (secondary N) is 1. The van der Waals surface area contributed by atoms with E-state index in [1.807, 2.05) is 6.07 Å². The van der Waals surface area contributed by atoms with E-state index in [4.69, 9.17) is 0 Å². The number of carbonyl (C=O) groups is 2. The number of carbonyl (C=O) groups excluding carboxylic acids is 2. The van der Waals surface area contributed by atoms with Crippen LogP contribution in [0.1, 0.15) is 12.8 Å². The van der Waals surface area contributed by atoms with Gasteiger partial charge in [0.2, 0.25) is 11.8 Å². The molecule has 0 atom stereocenters. The fourth-order valence-electron chi connectivity index (χ4n) is 3.14. The van der Waals surface area contributed by atoms with Gasteiger partial charge in [0.25, 0.3) is 5.56 Å². The standard InChI is InChI=1S/C19H17N5O3/c25-17(12-24-19(27)15-7-1-2-8-16(15)21-22-24)20-13-5-3-6-14(11-13)23-10-4-9-18(23)26/h1-3,5-8,11H,4,9-10,12H2,(H,20,25). The van der Waals surface area contributed by atoms with E-state index in [1.54, 1.807) is 47.4 Å². The van der Waals surface area contributed by atoms with Gasteiger partial charge in [-0.1, -0.05) is 23.4 Å². The second-order valence-electron chi connectivity index (χ2n) is 6.32. The van der Waals surface area contributed by atoms with E-state index in [9.17, 15) is 14.4 Å². The van der Waals surface area contributed by atoms with Gasteiger partial charge in [0.1, 0.15) is 12.1 Å². The smallest absolute Gasteiger partial charge is 0.278 e. The Labute approximate surface area is 154 Å². The third kappa shape index (κ3) is 3.41. The average molecular weight is 363 g/mol. The number of rotatable bonds is 4. The number of aromatic nitrogens is 3. The zero-order valence-corrected chi connectivity index (χ0v) is 14.5. The molecule has 0 saturated carbocycles. The summed E-state index contributed by atoms with van der Waals surface area (Å²) in [6.45, 7) is 0.432. The van der Waals surface area contributed by atoms with Crippen LogP contribution in [0.15, 0.2) is 53.3 Å². The van der Waals surface area contributed by atoms with Crippen molar-refractivity contribution >= 4 is 34.1 Å². The molecule has 4 rings (SSSR count). The van der Waals surface area contributed by atoms with Crippen molar-refractivity contribution in [2.75, 3.05) is 16.8 Å². The quantitative estimate of drug-likeness (QED) is 0.759. The highest BCUT2D eigenvalue weighted by molar-refractivity contribution is 5.97. The van der Waals surface area contributed by atoms with Crippen molar-refractivity contribution in [2.45, 2.75) is 19.4 Å². The van der Waals surface area contributed by atoms with E-state index in [1.165, 1.54) is 0 Å². The minimum Gasteiger partial charge on any atom is -0.324 e. The van der Waals surface area contributed by atoms with Crippen molar-refractivity contribution < 1.29 is 9.59 Å². The molecule has 1 aliphatic heterocycles. The summed E-state index contributed by atoms with van der Waals surface area (Å²) in [5.41, 5.74) is 1.42. The Kier molecular flexibility index (Phi) is 4.37. The van der Waals surface area contributed by atoms with E-state index in [0.717, 1.165) is 16.8 Å². The minimum atomic E-state index is -0.397. The molecular formula is C19H17N5O3. The summed E-state index contributed by atoms with van der Waals surface area (Å²) in [6.07, 6.45) is 1.37. The van der Waals surface area contributed by atoms with Gasteiger partial charge in [-0.3, -0.25) is 14.4 Å². The number of nitrogens with zero attached hydrogens (tertiary/aromatic N) is 4. The molecule has 2 heterocycles. The van der Waals surface area contributed by atoms with Crippen LogP contribution in [0, 0.1) is 0 Å². The largest absolute Gasteiger partial charge is 0.324 e. The molecule has 3 aromatic rings. The van der Waals surface area contributed by atoms with Gasteiger partial charge in [-0.05, 0) is 36.8 Å². The Balaban J connectivity index is 1.51. The topological polar surface area (TPSA) is 97.2 Å². The van der Waals surface area contributed by atoms with Crippen LogP contribution in [0.3, 0.4) is 0 Å². The molecular weight excluding hydrogens is 346 g/mol. The molecule has 2 amide bonds. The molecule has 1 aromatic heterocycles. The number of fused-ring (bicyclic) bond motifs is 1. The molecule has 2 aromatic carbocycles. The summed E-state index contributed by atoms with van der Waals surface area (Å²) in [4.78, 5) is 38.3. The van der Waals surface area contributed by atoms with E-state index >= 15 is 0 Å². The molecule has 0 unspecified atom stereocenters. The lowest BCUT2D eigenvalue weighted by atomic mass is 10.2. The van der Waals surface area contributed by atoms with Gasteiger partial charge in [-0.25, -0.2) is 4.68 Å². The number of amides is 2. The lowest BCUT2D eigenvalue weighted by Crippen LogP contribution is -2.30. The van der Waals surface area contributed by atoms with Gasteiger partial charge >= 0.3 is 0 Å². The maximum Gasteiger partial charge on any atom is 0.278 e. The summed E-state index contributed by atoms with van der Waals surface area (Å²) < 4.78 is 1.03.